The average Bonchev–Trinajstić information content (AvgIpc) is 3.12. The maximum absolute atomic E-state index is 13.1. The van der Waals surface area contributed by atoms with Gasteiger partial charge in [0.05, 0.1) is 5.56 Å². The van der Waals surface area contributed by atoms with Crippen LogP contribution in [0.1, 0.15) is 37.0 Å². The van der Waals surface area contributed by atoms with Crippen LogP contribution in [0.4, 0.5) is 6.01 Å². The third-order valence-corrected chi connectivity index (χ3v) is 6.68. The number of piperidine rings is 3. The van der Waals surface area contributed by atoms with Crippen molar-refractivity contribution in [2.45, 2.75) is 44.8 Å². The summed E-state index contributed by atoms with van der Waals surface area (Å²) in [6.07, 6.45) is 2.37. The predicted molar refractivity (Wildman–Crippen MR) is 109 cm³/mol. The number of carbonyl (C=O) groups excluding carboxylic acids is 1. The van der Waals surface area contributed by atoms with E-state index in [1.54, 1.807) is 0 Å². The number of anilines is 1. The van der Waals surface area contributed by atoms with Crippen molar-refractivity contribution in [3.8, 4) is 0 Å². The van der Waals surface area contributed by atoms with Gasteiger partial charge in [0.25, 0.3) is 11.9 Å². The third kappa shape index (κ3) is 3.06. The van der Waals surface area contributed by atoms with Gasteiger partial charge in [-0.25, -0.2) is 0 Å². The number of rotatable bonds is 3. The number of nitrogens with zero attached hydrogens (tertiary/aromatic N) is 3. The minimum Gasteiger partial charge on any atom is -0.423 e. The summed E-state index contributed by atoms with van der Waals surface area (Å²) in [4.78, 5) is 22.5. The number of aromatic nitrogens is 1. The number of benzene rings is 1. The highest BCUT2D eigenvalue weighted by Crippen LogP contribution is 2.30. The lowest BCUT2D eigenvalue weighted by atomic mass is 9.84. The SMILES string of the molecule is C[C@H]1CNC[C@H](C)N1c1nc2c(C(=O)N[C@@H]3CN4CCC3CC4)cccc2o1. The van der Waals surface area contributed by atoms with Crippen molar-refractivity contribution in [2.75, 3.05) is 37.6 Å². The second-order valence-electron chi connectivity index (χ2n) is 8.63. The number of oxazole rings is 1. The van der Waals surface area contributed by atoms with Crippen LogP contribution in [0.3, 0.4) is 0 Å². The Labute approximate surface area is 165 Å². The first-order valence-corrected chi connectivity index (χ1v) is 10.5. The van der Waals surface area contributed by atoms with E-state index in [1.165, 1.54) is 25.9 Å². The van der Waals surface area contributed by atoms with Gasteiger partial charge in [-0.15, -0.1) is 0 Å². The fraction of sp³-hybridized carbons (Fsp3) is 0.619. The molecule has 7 heteroatoms. The molecule has 0 radical (unpaired) electrons. The van der Waals surface area contributed by atoms with Gasteiger partial charge in [-0.3, -0.25) is 4.79 Å². The van der Waals surface area contributed by atoms with Crippen molar-refractivity contribution in [1.29, 1.82) is 0 Å². The van der Waals surface area contributed by atoms with Crippen LogP contribution in [0.15, 0.2) is 22.6 Å². The summed E-state index contributed by atoms with van der Waals surface area (Å²) in [5.74, 6) is 0.564. The van der Waals surface area contributed by atoms with Crippen LogP contribution in [-0.2, 0) is 0 Å². The van der Waals surface area contributed by atoms with Crippen molar-refractivity contribution in [3.05, 3.63) is 23.8 Å². The largest absolute Gasteiger partial charge is 0.423 e. The zero-order valence-electron chi connectivity index (χ0n) is 16.6. The number of hydrogen-bond acceptors (Lipinski definition) is 6. The Bertz CT molecular complexity index is 863. The van der Waals surface area contributed by atoms with E-state index in [4.69, 9.17) is 9.40 Å². The summed E-state index contributed by atoms with van der Waals surface area (Å²) in [6.45, 7) is 9.43. The Morgan fingerprint density at radius 1 is 1.21 bits per heavy atom. The van der Waals surface area contributed by atoms with E-state index in [0.29, 0.717) is 40.7 Å². The first-order chi connectivity index (χ1) is 13.6. The van der Waals surface area contributed by atoms with Gasteiger partial charge >= 0.3 is 0 Å². The van der Waals surface area contributed by atoms with E-state index in [0.717, 1.165) is 19.6 Å². The molecular formula is C21H29N5O2. The molecule has 0 saturated carbocycles. The lowest BCUT2D eigenvalue weighted by molar-refractivity contribution is 0.0621. The van der Waals surface area contributed by atoms with Crippen LogP contribution in [0.2, 0.25) is 0 Å². The molecule has 28 heavy (non-hydrogen) atoms. The van der Waals surface area contributed by atoms with Crippen molar-refractivity contribution < 1.29 is 9.21 Å². The Balaban J connectivity index is 1.42. The van der Waals surface area contributed by atoms with E-state index in [1.807, 2.05) is 18.2 Å². The summed E-state index contributed by atoms with van der Waals surface area (Å²) in [5, 5.41) is 6.71. The quantitative estimate of drug-likeness (QED) is 0.843. The number of amides is 1. The van der Waals surface area contributed by atoms with Gasteiger partial charge in [0.1, 0.15) is 5.52 Å². The first-order valence-electron chi connectivity index (χ1n) is 10.5. The molecular weight excluding hydrogens is 354 g/mol. The first kappa shape index (κ1) is 17.9. The molecule has 0 unspecified atom stereocenters. The Morgan fingerprint density at radius 2 is 1.96 bits per heavy atom. The zero-order valence-corrected chi connectivity index (χ0v) is 16.6. The van der Waals surface area contributed by atoms with E-state index < -0.39 is 0 Å². The van der Waals surface area contributed by atoms with Gasteiger partial charge in [0, 0.05) is 37.8 Å². The van der Waals surface area contributed by atoms with Crippen molar-refractivity contribution in [3.63, 3.8) is 0 Å². The van der Waals surface area contributed by atoms with E-state index in [2.05, 4.69) is 34.3 Å². The molecule has 2 bridgehead atoms. The van der Waals surface area contributed by atoms with E-state index in [9.17, 15) is 4.79 Å². The van der Waals surface area contributed by atoms with Crippen LogP contribution >= 0.6 is 0 Å². The fourth-order valence-electron chi connectivity index (χ4n) is 5.11. The van der Waals surface area contributed by atoms with Gasteiger partial charge in [-0.05, 0) is 57.8 Å². The number of nitrogens with one attached hydrogen (secondary N) is 2. The summed E-state index contributed by atoms with van der Waals surface area (Å²) in [7, 11) is 0. The monoisotopic (exact) mass is 383 g/mol. The molecule has 3 atom stereocenters. The molecule has 0 aliphatic carbocycles. The standard InChI is InChI=1S/C21H29N5O2/c1-13-10-22-11-14(2)26(13)21-24-19-16(4-3-5-18(19)28-21)20(27)23-17-12-25-8-6-15(17)7-9-25/h3-5,13-15,17,22H,6-12H2,1-2H3,(H,23,27)/t13-,14-,17+/m0/s1. The molecule has 5 heterocycles. The Morgan fingerprint density at radius 3 is 2.64 bits per heavy atom. The van der Waals surface area contributed by atoms with Crippen LogP contribution in [0, 0.1) is 5.92 Å². The van der Waals surface area contributed by atoms with Gasteiger partial charge < -0.3 is 24.9 Å². The predicted octanol–water partition coefficient (Wildman–Crippen LogP) is 1.84. The molecule has 0 spiro atoms. The Hall–Kier alpha value is -2.12. The fourth-order valence-corrected chi connectivity index (χ4v) is 5.11. The molecule has 4 aliphatic rings. The molecule has 150 valence electrons. The number of carbonyl (C=O) groups is 1. The van der Waals surface area contributed by atoms with Crippen molar-refractivity contribution in [2.24, 2.45) is 5.92 Å². The second-order valence-corrected chi connectivity index (χ2v) is 8.63. The molecule has 4 saturated heterocycles. The topological polar surface area (TPSA) is 73.6 Å². The number of piperazine rings is 1. The summed E-state index contributed by atoms with van der Waals surface area (Å²) >= 11 is 0. The lowest BCUT2D eigenvalue weighted by Gasteiger charge is -2.44. The second kappa shape index (κ2) is 7.04. The van der Waals surface area contributed by atoms with Gasteiger partial charge in [0.15, 0.2) is 5.58 Å². The molecule has 1 aromatic heterocycles. The minimum atomic E-state index is -0.0365. The van der Waals surface area contributed by atoms with Gasteiger partial charge in [-0.2, -0.15) is 4.98 Å². The summed E-state index contributed by atoms with van der Waals surface area (Å²) in [5.41, 5.74) is 1.95. The van der Waals surface area contributed by atoms with Crippen LogP contribution in [0.25, 0.3) is 11.1 Å². The maximum Gasteiger partial charge on any atom is 0.298 e. The number of fused-ring (bicyclic) bond motifs is 4. The number of para-hydroxylation sites is 1. The van der Waals surface area contributed by atoms with E-state index in [-0.39, 0.29) is 11.9 Å². The molecule has 2 N–H and O–H groups in total. The summed E-state index contributed by atoms with van der Waals surface area (Å²) in [6, 6.07) is 7.07. The third-order valence-electron chi connectivity index (χ3n) is 6.68. The zero-order chi connectivity index (χ0) is 19.3. The molecule has 6 rings (SSSR count). The molecule has 4 aliphatic heterocycles. The normalized spacial score (nSPS) is 32.6. The molecule has 7 nitrogen and oxygen atoms in total. The van der Waals surface area contributed by atoms with Gasteiger partial charge in [-0.1, -0.05) is 6.07 Å². The lowest BCUT2D eigenvalue weighted by Crippen LogP contribution is -2.57. The van der Waals surface area contributed by atoms with Crippen molar-refractivity contribution >= 4 is 23.0 Å². The average molecular weight is 383 g/mol. The molecule has 4 fully saturated rings. The number of hydrogen-bond donors (Lipinski definition) is 2. The van der Waals surface area contributed by atoms with Crippen LogP contribution < -0.4 is 15.5 Å². The Kier molecular flexibility index (Phi) is 4.51. The smallest absolute Gasteiger partial charge is 0.298 e. The van der Waals surface area contributed by atoms with E-state index >= 15 is 0 Å². The highest BCUT2D eigenvalue weighted by atomic mass is 16.4. The molecule has 2 aromatic rings. The van der Waals surface area contributed by atoms with Crippen LogP contribution in [0.5, 0.6) is 0 Å². The van der Waals surface area contributed by atoms with Crippen molar-refractivity contribution in [1.82, 2.24) is 20.5 Å². The summed E-state index contributed by atoms with van der Waals surface area (Å²) < 4.78 is 6.08. The molecule has 1 aromatic carbocycles. The highest BCUT2D eigenvalue weighted by molar-refractivity contribution is 6.04. The van der Waals surface area contributed by atoms with Crippen LogP contribution in [-0.4, -0.2) is 66.6 Å². The van der Waals surface area contributed by atoms with Gasteiger partial charge in [0.2, 0.25) is 0 Å². The maximum atomic E-state index is 13.1. The molecule has 1 amide bonds. The highest BCUT2D eigenvalue weighted by Gasteiger charge is 2.35. The minimum absolute atomic E-state index is 0.0365.